The molecule has 0 aliphatic rings. The van der Waals surface area contributed by atoms with Gasteiger partial charge in [0.1, 0.15) is 0 Å². The van der Waals surface area contributed by atoms with Gasteiger partial charge in [0, 0.05) is 14.1 Å². The van der Waals surface area contributed by atoms with Crippen molar-refractivity contribution in [3.63, 3.8) is 0 Å². The largest absolute Gasteiger partial charge is 0.369 e. The van der Waals surface area contributed by atoms with Gasteiger partial charge in [-0.2, -0.15) is 5.26 Å². The summed E-state index contributed by atoms with van der Waals surface area (Å²) in [6.45, 7) is 3.70. The van der Waals surface area contributed by atoms with Crippen LogP contribution in [-0.2, 0) is 6.42 Å². The monoisotopic (exact) mass is 213 g/mol. The van der Waals surface area contributed by atoms with Crippen molar-refractivity contribution in [3.8, 4) is 6.07 Å². The Bertz CT molecular complexity index is 439. The summed E-state index contributed by atoms with van der Waals surface area (Å²) < 4.78 is 0. The van der Waals surface area contributed by atoms with E-state index in [1.807, 2.05) is 37.2 Å². The van der Waals surface area contributed by atoms with Crippen LogP contribution < -0.4 is 0 Å². The Morgan fingerprint density at radius 2 is 2.25 bits per heavy atom. The molecule has 0 amide bonds. The molecule has 1 rings (SSSR count). The molecule has 0 N–H and O–H groups in total. The second-order valence-corrected chi connectivity index (χ2v) is 3.66. The molecule has 0 radical (unpaired) electrons. The molecule has 0 fully saturated rings. The van der Waals surface area contributed by atoms with Crippen LogP contribution in [0.2, 0.25) is 0 Å². The first-order valence-electron chi connectivity index (χ1n) is 5.02. The van der Waals surface area contributed by atoms with Crippen LogP contribution in [0.1, 0.15) is 11.1 Å². The van der Waals surface area contributed by atoms with Crippen molar-refractivity contribution in [3.05, 3.63) is 42.0 Å². The molecule has 3 heteroatoms. The Morgan fingerprint density at radius 3 is 2.81 bits per heavy atom. The lowest BCUT2D eigenvalue weighted by Gasteiger charge is -2.06. The van der Waals surface area contributed by atoms with Crippen molar-refractivity contribution in [2.45, 2.75) is 6.42 Å². The molecule has 1 aromatic carbocycles. The van der Waals surface area contributed by atoms with Gasteiger partial charge < -0.3 is 4.90 Å². The van der Waals surface area contributed by atoms with E-state index in [0.717, 1.165) is 17.7 Å². The number of rotatable bonds is 4. The van der Waals surface area contributed by atoms with Gasteiger partial charge in [0.2, 0.25) is 0 Å². The van der Waals surface area contributed by atoms with E-state index in [9.17, 15) is 0 Å². The summed E-state index contributed by atoms with van der Waals surface area (Å²) in [7, 11) is 3.83. The lowest BCUT2D eigenvalue weighted by Crippen LogP contribution is -2.07. The molecule has 0 saturated heterocycles. The Kier molecular flexibility index (Phi) is 4.28. The van der Waals surface area contributed by atoms with Gasteiger partial charge in [-0.25, -0.2) is 4.99 Å². The van der Waals surface area contributed by atoms with E-state index in [4.69, 9.17) is 5.26 Å². The van der Waals surface area contributed by atoms with Gasteiger partial charge >= 0.3 is 0 Å². The summed E-state index contributed by atoms with van der Waals surface area (Å²) in [5.41, 5.74) is 2.56. The second kappa shape index (κ2) is 5.72. The van der Waals surface area contributed by atoms with E-state index in [1.54, 1.807) is 12.4 Å². The average molecular weight is 213 g/mol. The number of aliphatic imine (C=N–C) groups is 1. The maximum absolute atomic E-state index is 8.82. The Labute approximate surface area is 96.3 Å². The smallest absolute Gasteiger partial charge is 0.0991 e. The number of hydrogen-bond donors (Lipinski definition) is 0. The van der Waals surface area contributed by atoms with Crippen molar-refractivity contribution in [1.29, 1.82) is 5.26 Å². The van der Waals surface area contributed by atoms with Crippen LogP contribution in [-0.4, -0.2) is 25.3 Å². The third kappa shape index (κ3) is 3.25. The minimum atomic E-state index is 0.653. The molecule has 0 heterocycles. The highest BCUT2D eigenvalue weighted by Gasteiger charge is 2.01. The Morgan fingerprint density at radius 1 is 1.50 bits per heavy atom. The summed E-state index contributed by atoms with van der Waals surface area (Å²) in [5.74, 6) is 0. The molecule has 0 bridgehead atoms. The lowest BCUT2D eigenvalue weighted by atomic mass is 10.1. The summed E-state index contributed by atoms with van der Waals surface area (Å²) >= 11 is 0. The standard InChI is InChI=1S/C13H15N3/c1-4-5-12-8-11(9-14)6-7-13(12)15-10-16(2)3/h4,6-8,10H,1,5H2,2-3H3. The molecular formula is C13H15N3. The molecule has 1 aromatic rings. The fraction of sp³-hybridized carbons (Fsp3) is 0.231. The van der Waals surface area contributed by atoms with E-state index >= 15 is 0 Å². The molecule has 0 spiro atoms. The van der Waals surface area contributed by atoms with Gasteiger partial charge in [-0.15, -0.1) is 6.58 Å². The highest BCUT2D eigenvalue weighted by atomic mass is 15.1. The molecule has 0 aliphatic heterocycles. The minimum Gasteiger partial charge on any atom is -0.369 e. The maximum atomic E-state index is 8.82. The zero-order valence-electron chi connectivity index (χ0n) is 9.64. The summed E-state index contributed by atoms with van der Waals surface area (Å²) in [6.07, 6.45) is 4.27. The van der Waals surface area contributed by atoms with Gasteiger partial charge in [0.05, 0.1) is 23.7 Å². The molecule has 0 aromatic heterocycles. The van der Waals surface area contributed by atoms with Crippen molar-refractivity contribution in [2.75, 3.05) is 14.1 Å². The molecule has 0 aliphatic carbocycles. The van der Waals surface area contributed by atoms with Crippen LogP contribution in [0.5, 0.6) is 0 Å². The summed E-state index contributed by atoms with van der Waals surface area (Å²) in [4.78, 5) is 6.21. The lowest BCUT2D eigenvalue weighted by molar-refractivity contribution is 0.643. The topological polar surface area (TPSA) is 39.4 Å². The van der Waals surface area contributed by atoms with Crippen LogP contribution in [0, 0.1) is 11.3 Å². The van der Waals surface area contributed by atoms with Crippen LogP contribution in [0.3, 0.4) is 0 Å². The van der Waals surface area contributed by atoms with Crippen LogP contribution >= 0.6 is 0 Å². The summed E-state index contributed by atoms with van der Waals surface area (Å²) in [5, 5.41) is 8.82. The van der Waals surface area contributed by atoms with E-state index in [-0.39, 0.29) is 0 Å². The van der Waals surface area contributed by atoms with Gasteiger partial charge in [0.25, 0.3) is 0 Å². The first kappa shape index (κ1) is 12.0. The van der Waals surface area contributed by atoms with Gasteiger partial charge in [-0.3, -0.25) is 0 Å². The number of nitriles is 1. The third-order valence-electron chi connectivity index (χ3n) is 2.00. The fourth-order valence-corrected chi connectivity index (χ4v) is 1.28. The van der Waals surface area contributed by atoms with Crippen LogP contribution in [0.4, 0.5) is 5.69 Å². The molecule has 0 unspecified atom stereocenters. The molecular weight excluding hydrogens is 198 g/mol. The van der Waals surface area contributed by atoms with Crippen molar-refractivity contribution < 1.29 is 0 Å². The number of hydrogen-bond acceptors (Lipinski definition) is 2. The van der Waals surface area contributed by atoms with E-state index < -0.39 is 0 Å². The predicted molar refractivity (Wildman–Crippen MR) is 66.9 cm³/mol. The third-order valence-corrected chi connectivity index (χ3v) is 2.00. The van der Waals surface area contributed by atoms with Crippen LogP contribution in [0.25, 0.3) is 0 Å². The molecule has 0 saturated carbocycles. The zero-order chi connectivity index (χ0) is 12.0. The van der Waals surface area contributed by atoms with E-state index in [0.29, 0.717) is 5.56 Å². The normalized spacial score (nSPS) is 10.1. The average Bonchev–Trinajstić information content (AvgIpc) is 2.27. The first-order chi connectivity index (χ1) is 7.67. The fourth-order valence-electron chi connectivity index (χ4n) is 1.28. The Hall–Kier alpha value is -2.08. The van der Waals surface area contributed by atoms with E-state index in [2.05, 4.69) is 17.6 Å². The number of nitrogens with zero attached hydrogens (tertiary/aromatic N) is 3. The van der Waals surface area contributed by atoms with E-state index in [1.165, 1.54) is 0 Å². The predicted octanol–water partition coefficient (Wildman–Crippen LogP) is 2.51. The minimum absolute atomic E-state index is 0.653. The highest BCUT2D eigenvalue weighted by Crippen LogP contribution is 2.21. The zero-order valence-corrected chi connectivity index (χ0v) is 9.64. The molecule has 16 heavy (non-hydrogen) atoms. The summed E-state index contributed by atoms with van der Waals surface area (Å²) in [6, 6.07) is 7.60. The Balaban J connectivity index is 3.08. The number of allylic oxidation sites excluding steroid dienone is 1. The molecule has 82 valence electrons. The molecule has 3 nitrogen and oxygen atoms in total. The van der Waals surface area contributed by atoms with Gasteiger partial charge in [-0.05, 0) is 30.2 Å². The highest BCUT2D eigenvalue weighted by molar-refractivity contribution is 5.63. The molecule has 0 atom stereocenters. The number of benzene rings is 1. The SMILES string of the molecule is C=CCc1cc(C#N)ccc1N=CN(C)C. The van der Waals surface area contributed by atoms with Crippen molar-refractivity contribution >= 4 is 12.0 Å². The second-order valence-electron chi connectivity index (χ2n) is 3.66. The maximum Gasteiger partial charge on any atom is 0.0991 e. The van der Waals surface area contributed by atoms with Crippen molar-refractivity contribution in [1.82, 2.24) is 4.90 Å². The van der Waals surface area contributed by atoms with Crippen molar-refractivity contribution in [2.24, 2.45) is 4.99 Å². The van der Waals surface area contributed by atoms with Gasteiger partial charge in [0.15, 0.2) is 0 Å². The van der Waals surface area contributed by atoms with Crippen LogP contribution in [0.15, 0.2) is 35.8 Å². The quantitative estimate of drug-likeness (QED) is 0.438. The van der Waals surface area contributed by atoms with Gasteiger partial charge in [-0.1, -0.05) is 6.08 Å². The first-order valence-corrected chi connectivity index (χ1v) is 5.02.